The van der Waals surface area contributed by atoms with Gasteiger partial charge in [0.05, 0.1) is 5.41 Å². The van der Waals surface area contributed by atoms with E-state index >= 15 is 0 Å². The van der Waals surface area contributed by atoms with E-state index in [-0.39, 0.29) is 5.41 Å². The number of hydrogen-bond donors (Lipinski definition) is 0. The van der Waals surface area contributed by atoms with Crippen molar-refractivity contribution in [3.8, 4) is 0 Å². The molecule has 5 rings (SSSR count). The Morgan fingerprint density at radius 2 is 0.706 bits per heavy atom. The summed E-state index contributed by atoms with van der Waals surface area (Å²) in [5.41, 5.74) is 6.36. The van der Waals surface area contributed by atoms with Crippen LogP contribution in [0.1, 0.15) is 88.1 Å². The maximum Gasteiger partial charge on any atom is 0.0701 e. The molecule has 0 spiro atoms. The first-order valence-electron chi connectivity index (χ1n) is 13.2. The Morgan fingerprint density at radius 1 is 0.412 bits per heavy atom. The molecule has 0 radical (unpaired) electrons. The van der Waals surface area contributed by atoms with Gasteiger partial charge in [-0.15, -0.1) is 0 Å². The molecule has 1 saturated carbocycles. The lowest BCUT2D eigenvalue weighted by atomic mass is 9.65. The van der Waals surface area contributed by atoms with Gasteiger partial charge in [0.2, 0.25) is 0 Å². The monoisotopic (exact) mass is 450 g/mol. The van der Waals surface area contributed by atoms with Crippen molar-refractivity contribution in [2.45, 2.75) is 65.7 Å². The highest BCUT2D eigenvalue weighted by molar-refractivity contribution is 5.59. The Morgan fingerprint density at radius 3 is 1.00 bits per heavy atom. The molecule has 0 aliphatic heterocycles. The van der Waals surface area contributed by atoms with Crippen LogP contribution in [0.3, 0.4) is 0 Å². The molecular weight excluding hydrogens is 408 g/mol. The summed E-state index contributed by atoms with van der Waals surface area (Å²) >= 11 is 0. The van der Waals surface area contributed by atoms with Gasteiger partial charge in [-0.25, -0.2) is 0 Å². The average Bonchev–Trinajstić information content (AvgIpc) is 3.81. The molecule has 0 amide bonds. The lowest BCUT2D eigenvalue weighted by Crippen LogP contribution is -2.30. The fourth-order valence-electron chi connectivity index (χ4n) is 4.49. The summed E-state index contributed by atoms with van der Waals surface area (Å²) in [5, 5.41) is 0. The fourth-order valence-corrected chi connectivity index (χ4v) is 4.49. The number of hydrogen-bond acceptors (Lipinski definition) is 0. The van der Waals surface area contributed by atoms with Crippen LogP contribution in [0.5, 0.6) is 0 Å². The first-order valence-corrected chi connectivity index (χ1v) is 13.2. The second-order valence-electron chi connectivity index (χ2n) is 7.74. The highest BCUT2D eigenvalue weighted by atomic mass is 14.4. The van der Waals surface area contributed by atoms with Gasteiger partial charge in [0.1, 0.15) is 0 Å². The summed E-state index contributed by atoms with van der Waals surface area (Å²) in [6.07, 6.45) is 2.67. The molecule has 4 aromatic carbocycles. The second-order valence-corrected chi connectivity index (χ2v) is 7.74. The molecule has 4 aromatic rings. The predicted octanol–water partition coefficient (Wildman–Crippen LogP) is 10.0. The third kappa shape index (κ3) is 5.86. The van der Waals surface area contributed by atoms with Crippen molar-refractivity contribution in [3.05, 3.63) is 143 Å². The van der Waals surface area contributed by atoms with Gasteiger partial charge in [-0.1, -0.05) is 157 Å². The van der Waals surface area contributed by atoms with Crippen molar-refractivity contribution in [2.75, 3.05) is 0 Å². The molecule has 1 aliphatic rings. The molecule has 0 atom stereocenters. The zero-order chi connectivity index (χ0) is 24.8. The van der Waals surface area contributed by atoms with Gasteiger partial charge in [-0.2, -0.15) is 0 Å². The van der Waals surface area contributed by atoms with Crippen LogP contribution in [-0.4, -0.2) is 0 Å². The molecule has 34 heavy (non-hydrogen) atoms. The fraction of sp³-hybridized carbons (Fsp3) is 0.294. The third-order valence-corrected chi connectivity index (χ3v) is 6.01. The smallest absolute Gasteiger partial charge is 0.0683 e. The minimum absolute atomic E-state index is 0.328. The van der Waals surface area contributed by atoms with Crippen molar-refractivity contribution in [2.24, 2.45) is 0 Å². The first-order chi connectivity index (χ1) is 16.9. The Bertz CT molecular complexity index is 931. The SMILES string of the molecule is CC.CC.CC.c1ccc(C(c2ccccc2)(c2ccccc2)c2ccc(C3CC3)cc2)cc1. The summed E-state index contributed by atoms with van der Waals surface area (Å²) in [7, 11) is 0. The lowest BCUT2D eigenvalue weighted by Gasteiger charge is -2.37. The number of benzene rings is 4. The van der Waals surface area contributed by atoms with Crippen LogP contribution in [0.15, 0.2) is 115 Å². The molecule has 1 aliphatic carbocycles. The second kappa shape index (κ2) is 14.2. The highest BCUT2D eigenvalue weighted by Gasteiger charge is 2.38. The van der Waals surface area contributed by atoms with Crippen LogP contribution in [0.25, 0.3) is 0 Å². The van der Waals surface area contributed by atoms with Crippen LogP contribution in [0.2, 0.25) is 0 Å². The van der Waals surface area contributed by atoms with E-state index in [1.165, 1.54) is 40.7 Å². The lowest BCUT2D eigenvalue weighted by molar-refractivity contribution is 0.744. The quantitative estimate of drug-likeness (QED) is 0.265. The molecule has 1 fully saturated rings. The van der Waals surface area contributed by atoms with E-state index in [1.807, 2.05) is 41.5 Å². The van der Waals surface area contributed by atoms with Crippen LogP contribution >= 0.6 is 0 Å². The van der Waals surface area contributed by atoms with Gasteiger partial charge < -0.3 is 0 Å². The van der Waals surface area contributed by atoms with Crippen LogP contribution in [0, 0.1) is 0 Å². The summed E-state index contributed by atoms with van der Waals surface area (Å²) in [6.45, 7) is 12.0. The Hall–Kier alpha value is -3.12. The molecule has 178 valence electrons. The van der Waals surface area contributed by atoms with Crippen molar-refractivity contribution in [1.29, 1.82) is 0 Å². The Kier molecular flexibility index (Phi) is 11.3. The molecule has 0 heteroatoms. The van der Waals surface area contributed by atoms with Gasteiger partial charge in [-0.3, -0.25) is 0 Å². The molecule has 0 unspecified atom stereocenters. The molecule has 0 heterocycles. The highest BCUT2D eigenvalue weighted by Crippen LogP contribution is 2.46. The summed E-state index contributed by atoms with van der Waals surface area (Å²) in [6, 6.07) is 42.1. The zero-order valence-corrected chi connectivity index (χ0v) is 22.0. The van der Waals surface area contributed by atoms with Gasteiger partial charge >= 0.3 is 0 Å². The van der Waals surface area contributed by atoms with Crippen molar-refractivity contribution in [3.63, 3.8) is 0 Å². The first kappa shape index (κ1) is 27.1. The average molecular weight is 451 g/mol. The Labute approximate surface area is 208 Å². The molecule has 0 nitrogen and oxygen atoms in total. The van der Waals surface area contributed by atoms with E-state index in [2.05, 4.69) is 115 Å². The summed E-state index contributed by atoms with van der Waals surface area (Å²) in [5.74, 6) is 0.772. The van der Waals surface area contributed by atoms with Crippen molar-refractivity contribution < 1.29 is 0 Å². The van der Waals surface area contributed by atoms with Gasteiger partial charge in [0.15, 0.2) is 0 Å². The van der Waals surface area contributed by atoms with Crippen LogP contribution < -0.4 is 0 Å². The maximum absolute atomic E-state index is 2.35. The molecule has 0 N–H and O–H groups in total. The normalized spacial score (nSPS) is 12.1. The third-order valence-electron chi connectivity index (χ3n) is 6.01. The van der Waals surface area contributed by atoms with Gasteiger partial charge in [-0.05, 0) is 46.6 Å². The van der Waals surface area contributed by atoms with E-state index < -0.39 is 0 Å². The van der Waals surface area contributed by atoms with E-state index in [0.29, 0.717) is 0 Å². The van der Waals surface area contributed by atoms with E-state index in [9.17, 15) is 0 Å². The summed E-state index contributed by atoms with van der Waals surface area (Å²) < 4.78 is 0. The van der Waals surface area contributed by atoms with E-state index in [1.54, 1.807) is 0 Å². The largest absolute Gasteiger partial charge is 0.0701 e. The molecular formula is C34H42. The van der Waals surface area contributed by atoms with Gasteiger partial charge in [0, 0.05) is 0 Å². The maximum atomic E-state index is 2.35. The van der Waals surface area contributed by atoms with Crippen molar-refractivity contribution in [1.82, 2.24) is 0 Å². The van der Waals surface area contributed by atoms with Crippen LogP contribution in [-0.2, 0) is 5.41 Å². The predicted molar refractivity (Wildman–Crippen MR) is 151 cm³/mol. The van der Waals surface area contributed by atoms with E-state index in [4.69, 9.17) is 0 Å². The minimum atomic E-state index is -0.328. The zero-order valence-electron chi connectivity index (χ0n) is 22.0. The van der Waals surface area contributed by atoms with Gasteiger partial charge in [0.25, 0.3) is 0 Å². The molecule has 0 saturated heterocycles. The molecule has 0 aromatic heterocycles. The minimum Gasteiger partial charge on any atom is -0.0683 e. The summed E-state index contributed by atoms with van der Waals surface area (Å²) in [4.78, 5) is 0. The standard InChI is InChI=1S/C28H24.3C2H6/c1-4-10-24(11-5-1)28(25-12-6-2-7-13-25,26-14-8-3-9-15-26)27-20-18-23(19-21-27)22-16-17-22;3*1-2/h1-15,18-22H,16-17H2;3*1-2H3. The number of rotatable bonds is 5. The topological polar surface area (TPSA) is 0 Å². The van der Waals surface area contributed by atoms with Crippen molar-refractivity contribution >= 4 is 0 Å². The van der Waals surface area contributed by atoms with E-state index in [0.717, 1.165) is 5.92 Å². The Balaban J connectivity index is 0.000000633. The molecule has 0 bridgehead atoms. The van der Waals surface area contributed by atoms with Crippen LogP contribution in [0.4, 0.5) is 0 Å².